The van der Waals surface area contributed by atoms with Gasteiger partial charge in [0.05, 0.1) is 6.20 Å². The van der Waals surface area contributed by atoms with Crippen LogP contribution in [0.25, 0.3) is 6.08 Å². The summed E-state index contributed by atoms with van der Waals surface area (Å²) in [4.78, 5) is 12.8. The predicted molar refractivity (Wildman–Crippen MR) is 69.1 cm³/mol. The molecule has 0 saturated carbocycles. The summed E-state index contributed by atoms with van der Waals surface area (Å²) in [6, 6.07) is 0. The minimum Gasteiger partial charge on any atom is -0.478 e. The lowest BCUT2D eigenvalue weighted by molar-refractivity contribution is -0.131. The molecule has 2 heterocycles. The number of carbonyl (C=O) groups is 1. The van der Waals surface area contributed by atoms with Crippen LogP contribution in [0.15, 0.2) is 18.5 Å². The molecule has 1 saturated heterocycles. The molecule has 0 aliphatic carbocycles. The van der Waals surface area contributed by atoms with Gasteiger partial charge in [-0.2, -0.15) is 5.10 Å². The van der Waals surface area contributed by atoms with Crippen LogP contribution in [-0.2, 0) is 11.3 Å². The van der Waals surface area contributed by atoms with Crippen molar-refractivity contribution in [2.75, 3.05) is 20.1 Å². The maximum Gasteiger partial charge on any atom is 0.328 e. The van der Waals surface area contributed by atoms with E-state index in [1.165, 1.54) is 12.8 Å². The Balaban J connectivity index is 1.88. The van der Waals surface area contributed by atoms with Crippen molar-refractivity contribution in [3.05, 3.63) is 24.0 Å². The first kappa shape index (κ1) is 12.8. The largest absolute Gasteiger partial charge is 0.478 e. The number of rotatable bonds is 4. The summed E-state index contributed by atoms with van der Waals surface area (Å²) in [7, 11) is 2.15. The molecule has 1 aromatic heterocycles. The number of carboxylic acid groups (broad SMARTS) is 1. The van der Waals surface area contributed by atoms with Crippen molar-refractivity contribution in [1.82, 2.24) is 14.7 Å². The number of aromatic nitrogens is 2. The lowest BCUT2D eigenvalue weighted by Crippen LogP contribution is -2.31. The fourth-order valence-electron chi connectivity index (χ4n) is 2.24. The number of hydrogen-bond acceptors (Lipinski definition) is 3. The normalized spacial score (nSPS) is 18.5. The summed E-state index contributed by atoms with van der Waals surface area (Å²) in [5.74, 6) is -0.254. The van der Waals surface area contributed by atoms with E-state index in [2.05, 4.69) is 17.0 Å². The zero-order chi connectivity index (χ0) is 13.0. The molecule has 18 heavy (non-hydrogen) atoms. The minimum absolute atomic E-state index is 0.678. The predicted octanol–water partition coefficient (Wildman–Crippen LogP) is 1.32. The fraction of sp³-hybridized carbons (Fsp3) is 0.538. The SMILES string of the molecule is CN1CCC(Cn2cc(C=CC(=O)O)cn2)CC1. The van der Waals surface area contributed by atoms with Gasteiger partial charge in [0.25, 0.3) is 0 Å². The van der Waals surface area contributed by atoms with Gasteiger partial charge in [-0.05, 0) is 45.0 Å². The van der Waals surface area contributed by atoms with E-state index < -0.39 is 5.97 Å². The molecule has 1 aliphatic rings. The summed E-state index contributed by atoms with van der Waals surface area (Å²) < 4.78 is 1.91. The molecule has 0 spiro atoms. The van der Waals surface area contributed by atoms with Crippen LogP contribution in [0.2, 0.25) is 0 Å². The first-order valence-corrected chi connectivity index (χ1v) is 6.25. The fourth-order valence-corrected chi connectivity index (χ4v) is 2.24. The second-order valence-electron chi connectivity index (χ2n) is 4.91. The Morgan fingerprint density at radius 3 is 2.94 bits per heavy atom. The summed E-state index contributed by atoms with van der Waals surface area (Å²) >= 11 is 0. The zero-order valence-corrected chi connectivity index (χ0v) is 10.6. The van der Waals surface area contributed by atoms with Crippen LogP contribution in [0.1, 0.15) is 18.4 Å². The van der Waals surface area contributed by atoms with Crippen molar-refractivity contribution in [2.45, 2.75) is 19.4 Å². The number of carboxylic acids is 1. The zero-order valence-electron chi connectivity index (χ0n) is 10.6. The van der Waals surface area contributed by atoms with Crippen molar-refractivity contribution >= 4 is 12.0 Å². The van der Waals surface area contributed by atoms with Crippen molar-refractivity contribution < 1.29 is 9.90 Å². The Kier molecular flexibility index (Phi) is 4.15. The quantitative estimate of drug-likeness (QED) is 0.818. The highest BCUT2D eigenvalue weighted by molar-refractivity contribution is 5.85. The molecule has 5 nitrogen and oxygen atoms in total. The van der Waals surface area contributed by atoms with Gasteiger partial charge in [0, 0.05) is 24.4 Å². The molecule has 0 radical (unpaired) electrons. The van der Waals surface area contributed by atoms with Gasteiger partial charge in [0.1, 0.15) is 0 Å². The smallest absolute Gasteiger partial charge is 0.328 e. The van der Waals surface area contributed by atoms with Crippen LogP contribution in [0.5, 0.6) is 0 Å². The van der Waals surface area contributed by atoms with Crippen LogP contribution in [-0.4, -0.2) is 45.9 Å². The van der Waals surface area contributed by atoms with E-state index in [-0.39, 0.29) is 0 Å². The minimum atomic E-state index is -0.932. The van der Waals surface area contributed by atoms with Gasteiger partial charge < -0.3 is 10.0 Å². The van der Waals surface area contributed by atoms with Gasteiger partial charge in [-0.1, -0.05) is 0 Å². The van der Waals surface area contributed by atoms with Crippen LogP contribution >= 0.6 is 0 Å². The van der Waals surface area contributed by atoms with E-state index in [0.717, 1.165) is 31.3 Å². The second kappa shape index (κ2) is 5.82. The number of nitrogens with zero attached hydrogens (tertiary/aromatic N) is 3. The van der Waals surface area contributed by atoms with Crippen molar-refractivity contribution in [1.29, 1.82) is 0 Å². The summed E-state index contributed by atoms with van der Waals surface area (Å²) in [6.07, 6.45) is 8.72. The Morgan fingerprint density at radius 2 is 2.28 bits per heavy atom. The second-order valence-corrected chi connectivity index (χ2v) is 4.91. The highest BCUT2D eigenvalue weighted by Crippen LogP contribution is 2.17. The molecule has 1 N–H and O–H groups in total. The molecule has 2 rings (SSSR count). The summed E-state index contributed by atoms with van der Waals surface area (Å²) in [6.45, 7) is 3.23. The average Bonchev–Trinajstić information content (AvgIpc) is 2.77. The molecule has 1 fully saturated rings. The third-order valence-corrected chi connectivity index (χ3v) is 3.35. The molecule has 98 valence electrons. The Morgan fingerprint density at radius 1 is 1.56 bits per heavy atom. The molecule has 0 aromatic carbocycles. The van der Waals surface area contributed by atoms with Crippen LogP contribution < -0.4 is 0 Å². The Labute approximate surface area is 107 Å². The average molecular weight is 249 g/mol. The van der Waals surface area contributed by atoms with Gasteiger partial charge >= 0.3 is 5.97 Å². The van der Waals surface area contributed by atoms with Crippen LogP contribution in [0.3, 0.4) is 0 Å². The van der Waals surface area contributed by atoms with Gasteiger partial charge in [0.2, 0.25) is 0 Å². The molecule has 0 unspecified atom stereocenters. The Hall–Kier alpha value is -1.62. The number of hydrogen-bond donors (Lipinski definition) is 1. The van der Waals surface area contributed by atoms with Crippen molar-refractivity contribution in [3.8, 4) is 0 Å². The molecule has 0 amide bonds. The van der Waals surface area contributed by atoms with E-state index in [4.69, 9.17) is 5.11 Å². The molecule has 0 bridgehead atoms. The number of aliphatic carboxylic acids is 1. The summed E-state index contributed by atoms with van der Waals surface area (Å²) in [5, 5.41) is 12.8. The van der Waals surface area contributed by atoms with Crippen LogP contribution in [0, 0.1) is 5.92 Å². The monoisotopic (exact) mass is 249 g/mol. The molecule has 5 heteroatoms. The topological polar surface area (TPSA) is 58.4 Å². The molecule has 1 aliphatic heterocycles. The van der Waals surface area contributed by atoms with Gasteiger partial charge in [-0.15, -0.1) is 0 Å². The number of piperidine rings is 1. The molecular formula is C13H19N3O2. The third kappa shape index (κ3) is 3.70. The molecule has 0 atom stereocenters. The highest BCUT2D eigenvalue weighted by Gasteiger charge is 2.17. The van der Waals surface area contributed by atoms with E-state index in [1.54, 1.807) is 12.3 Å². The van der Waals surface area contributed by atoms with E-state index in [9.17, 15) is 4.79 Å². The van der Waals surface area contributed by atoms with Crippen molar-refractivity contribution in [2.24, 2.45) is 5.92 Å². The van der Waals surface area contributed by atoms with Crippen molar-refractivity contribution in [3.63, 3.8) is 0 Å². The van der Waals surface area contributed by atoms with Gasteiger partial charge in [0.15, 0.2) is 0 Å². The van der Waals surface area contributed by atoms with Crippen LogP contribution in [0.4, 0.5) is 0 Å². The first-order chi connectivity index (χ1) is 8.63. The Bertz CT molecular complexity index is 431. The molecular weight excluding hydrogens is 230 g/mol. The molecule has 1 aromatic rings. The lowest BCUT2D eigenvalue weighted by Gasteiger charge is -2.28. The van der Waals surface area contributed by atoms with Gasteiger partial charge in [-0.25, -0.2) is 4.79 Å². The van der Waals surface area contributed by atoms with E-state index >= 15 is 0 Å². The lowest BCUT2D eigenvalue weighted by atomic mass is 9.97. The van der Waals surface area contributed by atoms with Gasteiger partial charge in [-0.3, -0.25) is 4.68 Å². The van der Waals surface area contributed by atoms with E-state index in [0.29, 0.717) is 5.92 Å². The first-order valence-electron chi connectivity index (χ1n) is 6.25. The third-order valence-electron chi connectivity index (χ3n) is 3.35. The van der Waals surface area contributed by atoms with E-state index in [1.807, 2.05) is 10.9 Å². The number of likely N-dealkylation sites (tertiary alicyclic amines) is 1. The standard InChI is InChI=1S/C13H19N3O2/c1-15-6-4-11(5-7-15)9-16-10-12(8-14-16)2-3-13(17)18/h2-3,8,10-11H,4-7,9H2,1H3,(H,17,18). The highest BCUT2D eigenvalue weighted by atomic mass is 16.4. The maximum absolute atomic E-state index is 10.4. The summed E-state index contributed by atoms with van der Waals surface area (Å²) in [5.41, 5.74) is 0.838. The maximum atomic E-state index is 10.4.